The van der Waals surface area contributed by atoms with Crippen LogP contribution < -0.4 is 15.3 Å². The van der Waals surface area contributed by atoms with E-state index in [1.165, 1.54) is 22.3 Å². The van der Waals surface area contributed by atoms with Gasteiger partial charge in [0, 0.05) is 0 Å². The second-order valence-corrected chi connectivity index (χ2v) is 11.2. The molecule has 4 heteroatoms. The number of hydrogen-bond acceptors (Lipinski definition) is 3. The van der Waals surface area contributed by atoms with Crippen LogP contribution in [0.25, 0.3) is 0 Å². The molecule has 0 fully saturated rings. The van der Waals surface area contributed by atoms with Crippen LogP contribution in [0.4, 0.5) is 0 Å². The van der Waals surface area contributed by atoms with Crippen molar-refractivity contribution in [3.05, 3.63) is 47.1 Å². The van der Waals surface area contributed by atoms with Crippen LogP contribution in [0.3, 0.4) is 0 Å². The Morgan fingerprint density at radius 3 is 1.09 bits per heavy atom. The summed E-state index contributed by atoms with van der Waals surface area (Å²) in [5.41, 5.74) is 3.38. The van der Waals surface area contributed by atoms with Crippen molar-refractivity contribution in [2.24, 2.45) is 5.41 Å². The molecule has 0 aromatic heterocycles. The van der Waals surface area contributed by atoms with E-state index in [0.717, 1.165) is 0 Å². The summed E-state index contributed by atoms with van der Waals surface area (Å²) in [5.74, 6) is 0. The molecular formula is C28H52O3Ti. The normalized spacial score (nSPS) is 15.1. The molecule has 0 amide bonds. The Bertz CT molecular complexity index is 541. The fourth-order valence-electron chi connectivity index (χ4n) is 1.52. The van der Waals surface area contributed by atoms with Gasteiger partial charge >= 0.3 is 21.7 Å². The van der Waals surface area contributed by atoms with E-state index in [1.807, 2.05) is 26.0 Å². The van der Waals surface area contributed by atoms with Gasteiger partial charge in [0.15, 0.2) is 0 Å². The Morgan fingerprint density at radius 2 is 1.06 bits per heavy atom. The van der Waals surface area contributed by atoms with Crippen LogP contribution in [0, 0.1) is 11.5 Å². The van der Waals surface area contributed by atoms with Gasteiger partial charge in [0.05, 0.1) is 0 Å². The molecule has 0 saturated heterocycles. The fourth-order valence-corrected chi connectivity index (χ4v) is 1.52. The molecule has 0 bridgehead atoms. The molecule has 0 heterocycles. The topological polar surface area (TPSA) is 69.2 Å². The van der Waals surface area contributed by atoms with Crippen molar-refractivity contribution in [3.63, 3.8) is 0 Å². The average Bonchev–Trinajstić information content (AvgIpc) is 2.64. The molecule has 3 nitrogen and oxygen atoms in total. The van der Waals surface area contributed by atoms with Crippen LogP contribution in [0.5, 0.6) is 0 Å². The standard InChI is InChI=1S/C10H15.C6H10.3C4H9O.Ti/c1-7-6-10(4,5)9(3)8(7)2;1-4-6(3)5-2;3*1-4(2,3)5;/h1-5H3;4-5H,1H2,2-3H3;3*1-3H3;/q-1;;3*-1;+4. The first-order valence-electron chi connectivity index (χ1n) is 10.9. The first-order chi connectivity index (χ1) is 13.3. The third kappa shape index (κ3) is 47.4. The fraction of sp³-hybridized carbons (Fsp3) is 0.714. The molecule has 186 valence electrons. The van der Waals surface area contributed by atoms with E-state index in [2.05, 4.69) is 47.3 Å². The summed E-state index contributed by atoms with van der Waals surface area (Å²) in [6, 6.07) is 0. The van der Waals surface area contributed by atoms with Crippen molar-refractivity contribution in [2.75, 3.05) is 0 Å². The van der Waals surface area contributed by atoms with Crippen LogP contribution in [0.1, 0.15) is 111 Å². The van der Waals surface area contributed by atoms with E-state index in [4.69, 9.17) is 0 Å². The largest absolute Gasteiger partial charge is 4.00 e. The van der Waals surface area contributed by atoms with Gasteiger partial charge in [-0.2, -0.15) is 11.1 Å². The second kappa shape index (κ2) is 18.0. The SMILES string of the molecule is C=CC(C)=CC.CC(C)(C)[O-].CC(C)(C)[O-].CC(C)(C)[O-].CC1=[C-]C(C)(C)C(C)=C1C.[Ti+4]. The maximum Gasteiger partial charge on any atom is 4.00 e. The van der Waals surface area contributed by atoms with Crippen molar-refractivity contribution < 1.29 is 37.0 Å². The molecule has 0 saturated carbocycles. The van der Waals surface area contributed by atoms with Gasteiger partial charge < -0.3 is 15.3 Å². The summed E-state index contributed by atoms with van der Waals surface area (Å²) < 4.78 is 0. The van der Waals surface area contributed by atoms with Crippen LogP contribution in [0.15, 0.2) is 41.0 Å². The van der Waals surface area contributed by atoms with Crippen molar-refractivity contribution in [2.45, 2.75) is 128 Å². The van der Waals surface area contributed by atoms with E-state index in [9.17, 15) is 15.3 Å². The molecular weight excluding hydrogens is 432 g/mol. The number of hydrogen-bond donors (Lipinski definition) is 0. The summed E-state index contributed by atoms with van der Waals surface area (Å²) in [6.45, 7) is 33.2. The van der Waals surface area contributed by atoms with Gasteiger partial charge in [0.2, 0.25) is 0 Å². The van der Waals surface area contributed by atoms with Gasteiger partial charge in [-0.15, -0.1) is 23.7 Å². The molecule has 32 heavy (non-hydrogen) atoms. The first kappa shape index (κ1) is 41.8. The van der Waals surface area contributed by atoms with Gasteiger partial charge in [-0.25, -0.2) is 5.57 Å². The first-order valence-corrected chi connectivity index (χ1v) is 10.9. The average molecular weight is 485 g/mol. The number of rotatable bonds is 1. The third-order valence-corrected chi connectivity index (χ3v) is 3.34. The minimum atomic E-state index is -0.750. The zero-order chi connectivity index (χ0) is 26.4. The predicted molar refractivity (Wildman–Crippen MR) is 133 cm³/mol. The molecule has 1 aliphatic rings. The third-order valence-electron chi connectivity index (χ3n) is 3.34. The summed E-state index contributed by atoms with van der Waals surface area (Å²) in [6.07, 6.45) is 7.29. The molecule has 0 aliphatic heterocycles. The number of allylic oxidation sites excluding steroid dienone is 7. The second-order valence-electron chi connectivity index (χ2n) is 11.2. The minimum absolute atomic E-state index is 0. The van der Waals surface area contributed by atoms with E-state index in [0.29, 0.717) is 0 Å². The zero-order valence-corrected chi connectivity index (χ0v) is 25.6. The Balaban J connectivity index is -0.0000000982. The molecule has 1 aliphatic carbocycles. The van der Waals surface area contributed by atoms with Crippen molar-refractivity contribution in [1.82, 2.24) is 0 Å². The molecule has 0 radical (unpaired) electrons. The zero-order valence-electron chi connectivity index (χ0n) is 24.1. The maximum absolute atomic E-state index is 10.1. The quantitative estimate of drug-likeness (QED) is 0.273. The Morgan fingerprint density at radius 1 is 0.812 bits per heavy atom. The predicted octanol–water partition coefficient (Wildman–Crippen LogP) is 5.68. The molecule has 0 aromatic rings. The Labute approximate surface area is 216 Å². The minimum Gasteiger partial charge on any atom is -0.850 e. The molecule has 0 atom stereocenters. The summed E-state index contributed by atoms with van der Waals surface area (Å²) in [5, 5.41) is 30.3. The molecule has 1 rings (SSSR count). The molecule has 0 N–H and O–H groups in total. The maximum atomic E-state index is 10.1. The summed E-state index contributed by atoms with van der Waals surface area (Å²) >= 11 is 0. The van der Waals surface area contributed by atoms with Gasteiger partial charge in [-0.1, -0.05) is 120 Å². The molecule has 0 aromatic carbocycles. The van der Waals surface area contributed by atoms with E-state index >= 15 is 0 Å². The Hall–Kier alpha value is -0.446. The van der Waals surface area contributed by atoms with Crippen molar-refractivity contribution >= 4 is 0 Å². The van der Waals surface area contributed by atoms with Crippen molar-refractivity contribution in [3.8, 4) is 0 Å². The van der Waals surface area contributed by atoms with Crippen LogP contribution in [-0.2, 0) is 21.7 Å². The van der Waals surface area contributed by atoms with Crippen molar-refractivity contribution in [1.29, 1.82) is 0 Å². The molecule has 0 unspecified atom stereocenters. The smallest absolute Gasteiger partial charge is 0.850 e. The summed E-state index contributed by atoms with van der Waals surface area (Å²) in [4.78, 5) is 0. The van der Waals surface area contributed by atoms with Gasteiger partial charge in [0.1, 0.15) is 0 Å². The monoisotopic (exact) mass is 484 g/mol. The Kier molecular flexibility index (Phi) is 23.4. The van der Waals surface area contributed by atoms with Gasteiger partial charge in [0.25, 0.3) is 0 Å². The van der Waals surface area contributed by atoms with Crippen LogP contribution in [-0.4, -0.2) is 16.8 Å². The van der Waals surface area contributed by atoms with E-state index in [-0.39, 0.29) is 27.1 Å². The van der Waals surface area contributed by atoms with E-state index < -0.39 is 16.8 Å². The summed E-state index contributed by atoms with van der Waals surface area (Å²) in [7, 11) is 0. The van der Waals surface area contributed by atoms with Gasteiger partial charge in [-0.3, -0.25) is 6.08 Å². The van der Waals surface area contributed by atoms with Gasteiger partial charge in [-0.05, 0) is 13.8 Å². The van der Waals surface area contributed by atoms with Crippen LogP contribution in [0.2, 0.25) is 0 Å². The van der Waals surface area contributed by atoms with Crippen LogP contribution >= 0.6 is 0 Å². The molecule has 0 spiro atoms. The van der Waals surface area contributed by atoms with E-state index in [1.54, 1.807) is 62.3 Å².